The summed E-state index contributed by atoms with van der Waals surface area (Å²) in [4.78, 5) is 11.8. The van der Waals surface area contributed by atoms with Crippen molar-refractivity contribution >= 4 is 17.5 Å². The van der Waals surface area contributed by atoms with Crippen LogP contribution in [-0.4, -0.2) is 25.0 Å². The molecule has 1 heterocycles. The highest BCUT2D eigenvalue weighted by atomic mass is 35.5. The lowest BCUT2D eigenvalue weighted by Gasteiger charge is -2.23. The maximum absolute atomic E-state index is 13.0. The molecule has 5 heteroatoms. The number of benzene rings is 1. The van der Waals surface area contributed by atoms with Gasteiger partial charge in [-0.2, -0.15) is 0 Å². The number of piperidine rings is 1. The molecule has 1 aliphatic heterocycles. The highest BCUT2D eigenvalue weighted by Gasteiger charge is 2.14. The van der Waals surface area contributed by atoms with Crippen molar-refractivity contribution in [3.05, 3.63) is 34.6 Å². The molecule has 18 heavy (non-hydrogen) atoms. The summed E-state index contributed by atoms with van der Waals surface area (Å²) < 4.78 is 13.0. The first-order valence-corrected chi connectivity index (χ1v) is 6.51. The van der Waals surface area contributed by atoms with Gasteiger partial charge in [0.2, 0.25) is 0 Å². The summed E-state index contributed by atoms with van der Waals surface area (Å²) in [7, 11) is 0. The molecule has 0 aromatic heterocycles. The minimum absolute atomic E-state index is 0.0292. The summed E-state index contributed by atoms with van der Waals surface area (Å²) in [5.74, 6) is -0.730. The van der Waals surface area contributed by atoms with E-state index in [2.05, 4.69) is 10.6 Å². The molecule has 2 rings (SSSR count). The first-order valence-electron chi connectivity index (χ1n) is 6.13. The van der Waals surface area contributed by atoms with Crippen molar-refractivity contribution in [3.63, 3.8) is 0 Å². The summed E-state index contributed by atoms with van der Waals surface area (Å²) in [6, 6.07) is 4.32. The third-order valence-corrected chi connectivity index (χ3v) is 3.39. The van der Waals surface area contributed by atoms with Crippen LogP contribution in [0.25, 0.3) is 0 Å². The number of nitrogens with one attached hydrogen (secondary N) is 2. The molecule has 0 aliphatic carbocycles. The Morgan fingerprint density at radius 2 is 2.33 bits per heavy atom. The molecule has 1 unspecified atom stereocenters. The van der Waals surface area contributed by atoms with Crippen molar-refractivity contribution in [1.82, 2.24) is 10.6 Å². The molecule has 1 aliphatic rings. The molecule has 2 N–H and O–H groups in total. The number of halogens is 2. The summed E-state index contributed by atoms with van der Waals surface area (Å²) in [5.41, 5.74) is 0.386. The molecule has 1 atom stereocenters. The Balaban J connectivity index is 1.88. The molecule has 1 saturated heterocycles. The van der Waals surface area contributed by atoms with Gasteiger partial charge in [-0.25, -0.2) is 4.39 Å². The Hall–Kier alpha value is -1.13. The fraction of sp³-hybridized carbons (Fsp3) is 0.462. The van der Waals surface area contributed by atoms with Gasteiger partial charge in [-0.15, -0.1) is 0 Å². The molecular weight excluding hydrogens is 255 g/mol. The van der Waals surface area contributed by atoms with Gasteiger partial charge in [0.05, 0.1) is 5.02 Å². The van der Waals surface area contributed by atoms with Crippen LogP contribution in [0.2, 0.25) is 5.02 Å². The van der Waals surface area contributed by atoms with Crippen LogP contribution >= 0.6 is 11.6 Å². The molecule has 1 fully saturated rings. The third kappa shape index (κ3) is 3.43. The van der Waals surface area contributed by atoms with Gasteiger partial charge in [-0.3, -0.25) is 4.79 Å². The fourth-order valence-corrected chi connectivity index (χ4v) is 2.23. The quantitative estimate of drug-likeness (QED) is 0.885. The Morgan fingerprint density at radius 1 is 1.50 bits per heavy atom. The van der Waals surface area contributed by atoms with Crippen molar-refractivity contribution < 1.29 is 9.18 Å². The molecule has 0 bridgehead atoms. The van der Waals surface area contributed by atoms with Gasteiger partial charge >= 0.3 is 0 Å². The molecule has 0 saturated carbocycles. The second-order valence-corrected chi connectivity index (χ2v) is 4.89. The molecule has 0 radical (unpaired) electrons. The van der Waals surface area contributed by atoms with E-state index in [-0.39, 0.29) is 10.9 Å². The highest BCUT2D eigenvalue weighted by Crippen LogP contribution is 2.16. The SMILES string of the molecule is O=C(NCC1CCCCN1)c1ccc(F)c(Cl)c1. The maximum Gasteiger partial charge on any atom is 0.251 e. The van der Waals surface area contributed by atoms with Crippen LogP contribution in [0.4, 0.5) is 4.39 Å². The fourth-order valence-electron chi connectivity index (χ4n) is 2.05. The standard InChI is InChI=1S/C13H16ClFN2O/c14-11-7-9(4-5-12(11)15)13(18)17-8-10-3-1-2-6-16-10/h4-5,7,10,16H,1-3,6,8H2,(H,17,18). The van der Waals surface area contributed by atoms with E-state index in [0.717, 1.165) is 13.0 Å². The second kappa shape index (κ2) is 6.16. The second-order valence-electron chi connectivity index (χ2n) is 4.49. The Kier molecular flexibility index (Phi) is 4.55. The molecule has 3 nitrogen and oxygen atoms in total. The van der Waals surface area contributed by atoms with Crippen LogP contribution in [0.3, 0.4) is 0 Å². The lowest BCUT2D eigenvalue weighted by molar-refractivity contribution is 0.0947. The molecule has 0 spiro atoms. The monoisotopic (exact) mass is 270 g/mol. The molecule has 1 aromatic rings. The average Bonchev–Trinajstić information content (AvgIpc) is 2.40. The number of hydrogen-bond acceptors (Lipinski definition) is 2. The summed E-state index contributed by atoms with van der Waals surface area (Å²) in [5, 5.41) is 6.15. The van der Waals surface area contributed by atoms with Crippen molar-refractivity contribution in [3.8, 4) is 0 Å². The zero-order valence-corrected chi connectivity index (χ0v) is 10.8. The van der Waals surface area contributed by atoms with Crippen LogP contribution in [0.5, 0.6) is 0 Å². The van der Waals surface area contributed by atoms with E-state index < -0.39 is 5.82 Å². The van der Waals surface area contributed by atoms with Crippen molar-refractivity contribution in [2.75, 3.05) is 13.1 Å². The number of rotatable bonds is 3. The lowest BCUT2D eigenvalue weighted by atomic mass is 10.1. The van der Waals surface area contributed by atoms with Gasteiger partial charge in [0.15, 0.2) is 0 Å². The first kappa shape index (κ1) is 13.3. The van der Waals surface area contributed by atoms with Crippen LogP contribution in [-0.2, 0) is 0 Å². The molecular formula is C13H16ClFN2O. The summed E-state index contributed by atoms with van der Waals surface area (Å²) in [6.45, 7) is 1.59. The van der Waals surface area contributed by atoms with E-state index in [9.17, 15) is 9.18 Å². The van der Waals surface area contributed by atoms with Gasteiger partial charge in [0, 0.05) is 18.2 Å². The predicted molar refractivity (Wildman–Crippen MR) is 69.4 cm³/mol. The molecule has 1 amide bonds. The van der Waals surface area contributed by atoms with E-state index in [1.165, 1.54) is 31.0 Å². The molecule has 1 aromatic carbocycles. The average molecular weight is 271 g/mol. The lowest BCUT2D eigenvalue weighted by Crippen LogP contribution is -2.43. The van der Waals surface area contributed by atoms with Crippen molar-refractivity contribution in [1.29, 1.82) is 0 Å². The smallest absolute Gasteiger partial charge is 0.251 e. The third-order valence-electron chi connectivity index (χ3n) is 3.10. The maximum atomic E-state index is 13.0. The van der Waals surface area contributed by atoms with E-state index >= 15 is 0 Å². The van der Waals surface area contributed by atoms with Crippen LogP contribution in [0.15, 0.2) is 18.2 Å². The first-order chi connectivity index (χ1) is 8.66. The Labute approximate surface area is 111 Å². The van der Waals surface area contributed by atoms with Crippen molar-refractivity contribution in [2.24, 2.45) is 0 Å². The van der Waals surface area contributed by atoms with Crippen LogP contribution in [0, 0.1) is 5.82 Å². The van der Waals surface area contributed by atoms with E-state index in [1.807, 2.05) is 0 Å². The van der Waals surface area contributed by atoms with Gasteiger partial charge in [-0.1, -0.05) is 18.0 Å². The summed E-state index contributed by atoms with van der Waals surface area (Å²) in [6.07, 6.45) is 3.46. The minimum atomic E-state index is -0.512. The largest absolute Gasteiger partial charge is 0.350 e. The Morgan fingerprint density at radius 3 is 3.00 bits per heavy atom. The number of carbonyl (C=O) groups is 1. The summed E-state index contributed by atoms with van der Waals surface area (Å²) >= 11 is 5.64. The van der Waals surface area contributed by atoms with Gasteiger partial charge in [0.25, 0.3) is 5.91 Å². The Bertz CT molecular complexity index is 433. The van der Waals surface area contributed by atoms with Crippen molar-refractivity contribution in [2.45, 2.75) is 25.3 Å². The van der Waals surface area contributed by atoms with Crippen LogP contribution < -0.4 is 10.6 Å². The number of amides is 1. The number of carbonyl (C=O) groups excluding carboxylic acids is 1. The van der Waals surface area contributed by atoms with Gasteiger partial charge < -0.3 is 10.6 Å². The zero-order chi connectivity index (χ0) is 13.0. The topological polar surface area (TPSA) is 41.1 Å². The van der Waals surface area contributed by atoms with E-state index in [4.69, 9.17) is 11.6 Å². The van der Waals surface area contributed by atoms with E-state index in [1.54, 1.807) is 0 Å². The predicted octanol–water partition coefficient (Wildman–Crippen LogP) is 2.35. The number of hydrogen-bond donors (Lipinski definition) is 2. The van der Waals surface area contributed by atoms with Crippen LogP contribution in [0.1, 0.15) is 29.6 Å². The zero-order valence-electron chi connectivity index (χ0n) is 10.0. The van der Waals surface area contributed by atoms with Gasteiger partial charge in [-0.05, 0) is 37.6 Å². The minimum Gasteiger partial charge on any atom is -0.350 e. The van der Waals surface area contributed by atoms with Gasteiger partial charge in [0.1, 0.15) is 5.82 Å². The highest BCUT2D eigenvalue weighted by molar-refractivity contribution is 6.31. The van der Waals surface area contributed by atoms with E-state index in [0.29, 0.717) is 18.2 Å². The normalized spacial score (nSPS) is 19.6. The molecule has 98 valence electrons.